The summed E-state index contributed by atoms with van der Waals surface area (Å²) in [6.45, 7) is 12.4. The maximum atomic E-state index is 12.8. The van der Waals surface area contributed by atoms with Gasteiger partial charge in [-0.25, -0.2) is 4.79 Å². The molecule has 6 heteroatoms. The third-order valence-electron chi connectivity index (χ3n) is 6.23. The van der Waals surface area contributed by atoms with E-state index in [0.717, 1.165) is 59.6 Å². The van der Waals surface area contributed by atoms with Gasteiger partial charge in [0.05, 0.1) is 0 Å². The topological polar surface area (TPSA) is 62.7 Å². The average Bonchev–Trinajstić information content (AvgIpc) is 3.17. The van der Waals surface area contributed by atoms with Gasteiger partial charge >= 0.3 is 5.63 Å². The maximum Gasteiger partial charge on any atom is 0.347 e. The van der Waals surface area contributed by atoms with Crippen molar-refractivity contribution in [3.05, 3.63) is 58.2 Å². The van der Waals surface area contributed by atoms with E-state index in [-0.39, 0.29) is 0 Å². The number of pyridine rings is 1. The molecule has 1 fully saturated rings. The Labute approximate surface area is 181 Å². The number of aromatic nitrogens is 1. The zero-order chi connectivity index (χ0) is 21.7. The molecule has 6 nitrogen and oxygen atoms in total. The van der Waals surface area contributed by atoms with Crippen LogP contribution in [0.15, 0.2) is 50.0 Å². The molecule has 1 aliphatic heterocycles. The molecular formula is C25H27N3O3. The first-order valence-electron chi connectivity index (χ1n) is 10.8. The highest BCUT2D eigenvalue weighted by Crippen LogP contribution is 2.30. The van der Waals surface area contributed by atoms with E-state index in [4.69, 9.17) is 8.83 Å². The molecule has 1 saturated heterocycles. The molecule has 0 N–H and O–H groups in total. The molecule has 0 unspecified atom stereocenters. The lowest BCUT2D eigenvalue weighted by Gasteiger charge is -2.38. The fourth-order valence-corrected chi connectivity index (χ4v) is 4.44. The van der Waals surface area contributed by atoms with Gasteiger partial charge in [0.25, 0.3) is 0 Å². The van der Waals surface area contributed by atoms with Crippen LogP contribution in [0.2, 0.25) is 0 Å². The summed E-state index contributed by atoms with van der Waals surface area (Å²) >= 11 is 0. The minimum absolute atomic E-state index is 0.393. The molecule has 0 atom stereocenters. The standard InChI is InChI=1S/C25H27N3O3/c1-15(2)27-7-9-28(10-8-27)19-6-5-18-12-21(25(29)31-22(18)13-19)24-14-20-17(4)26-16(3)11-23(20)30-24/h5-6,11-15H,7-10H2,1-4H3. The van der Waals surface area contributed by atoms with Crippen LogP contribution in [0.3, 0.4) is 0 Å². The minimum Gasteiger partial charge on any atom is -0.456 e. The van der Waals surface area contributed by atoms with E-state index >= 15 is 0 Å². The van der Waals surface area contributed by atoms with Gasteiger partial charge in [0.2, 0.25) is 0 Å². The molecule has 3 aromatic heterocycles. The van der Waals surface area contributed by atoms with Crippen molar-refractivity contribution in [1.29, 1.82) is 0 Å². The summed E-state index contributed by atoms with van der Waals surface area (Å²) in [4.78, 5) is 22.1. The average molecular weight is 418 g/mol. The van der Waals surface area contributed by atoms with Gasteiger partial charge in [-0.3, -0.25) is 9.88 Å². The van der Waals surface area contributed by atoms with E-state index in [2.05, 4.69) is 34.7 Å². The van der Waals surface area contributed by atoms with Crippen molar-refractivity contribution < 1.29 is 8.83 Å². The second-order valence-electron chi connectivity index (χ2n) is 8.66. The van der Waals surface area contributed by atoms with Gasteiger partial charge in [-0.2, -0.15) is 0 Å². The quantitative estimate of drug-likeness (QED) is 0.448. The first kappa shape index (κ1) is 19.8. The highest BCUT2D eigenvalue weighted by atomic mass is 16.4. The molecule has 160 valence electrons. The molecular weight excluding hydrogens is 390 g/mol. The first-order chi connectivity index (χ1) is 14.9. The zero-order valence-corrected chi connectivity index (χ0v) is 18.4. The maximum absolute atomic E-state index is 12.8. The lowest BCUT2D eigenvalue weighted by Crippen LogP contribution is -2.48. The molecule has 0 amide bonds. The largest absolute Gasteiger partial charge is 0.456 e. The molecule has 0 radical (unpaired) electrons. The van der Waals surface area contributed by atoms with E-state index in [1.165, 1.54) is 0 Å². The summed E-state index contributed by atoms with van der Waals surface area (Å²) < 4.78 is 11.7. The monoisotopic (exact) mass is 417 g/mol. The number of hydrogen-bond donors (Lipinski definition) is 0. The van der Waals surface area contributed by atoms with Crippen molar-refractivity contribution in [2.24, 2.45) is 0 Å². The summed E-state index contributed by atoms with van der Waals surface area (Å²) in [6.07, 6.45) is 0. The molecule has 1 aliphatic rings. The Hall–Kier alpha value is -3.12. The van der Waals surface area contributed by atoms with E-state index < -0.39 is 5.63 Å². The zero-order valence-electron chi connectivity index (χ0n) is 18.4. The molecule has 4 aromatic rings. The van der Waals surface area contributed by atoms with Crippen LogP contribution in [0.1, 0.15) is 25.2 Å². The van der Waals surface area contributed by atoms with Gasteiger partial charge in [0, 0.05) is 72.2 Å². The van der Waals surface area contributed by atoms with E-state index in [0.29, 0.717) is 22.9 Å². The van der Waals surface area contributed by atoms with Gasteiger partial charge in [-0.1, -0.05) is 0 Å². The second kappa shape index (κ2) is 7.54. The number of benzene rings is 1. The van der Waals surface area contributed by atoms with E-state index in [1.807, 2.05) is 44.2 Å². The lowest BCUT2D eigenvalue weighted by molar-refractivity contribution is 0.209. The van der Waals surface area contributed by atoms with Crippen LogP contribution in [-0.2, 0) is 0 Å². The van der Waals surface area contributed by atoms with Crippen LogP contribution in [0.5, 0.6) is 0 Å². The Bertz CT molecular complexity index is 1330. The highest BCUT2D eigenvalue weighted by molar-refractivity contribution is 5.88. The molecule has 4 heterocycles. The van der Waals surface area contributed by atoms with Gasteiger partial charge in [0.15, 0.2) is 0 Å². The molecule has 1 aromatic carbocycles. The SMILES string of the molecule is Cc1cc2oc(-c3cc4ccc(N5CCN(C(C)C)CC5)cc4oc3=O)cc2c(C)n1. The van der Waals surface area contributed by atoms with Crippen molar-refractivity contribution in [1.82, 2.24) is 9.88 Å². The van der Waals surface area contributed by atoms with Crippen LogP contribution in [0, 0.1) is 13.8 Å². The third-order valence-corrected chi connectivity index (χ3v) is 6.23. The number of fused-ring (bicyclic) bond motifs is 2. The second-order valence-corrected chi connectivity index (χ2v) is 8.66. The molecule has 0 aliphatic carbocycles. The van der Waals surface area contributed by atoms with E-state index in [1.54, 1.807) is 0 Å². The van der Waals surface area contributed by atoms with Crippen molar-refractivity contribution in [2.45, 2.75) is 33.7 Å². The number of nitrogens with zero attached hydrogens (tertiary/aromatic N) is 3. The molecule has 0 spiro atoms. The predicted molar refractivity (Wildman–Crippen MR) is 124 cm³/mol. The van der Waals surface area contributed by atoms with Crippen LogP contribution in [0.25, 0.3) is 33.3 Å². The number of hydrogen-bond acceptors (Lipinski definition) is 6. The first-order valence-corrected chi connectivity index (χ1v) is 10.8. The van der Waals surface area contributed by atoms with Gasteiger partial charge in [-0.05, 0) is 52.0 Å². The number of rotatable bonds is 3. The highest BCUT2D eigenvalue weighted by Gasteiger charge is 2.20. The Balaban J connectivity index is 1.49. The fraction of sp³-hybridized carbons (Fsp3) is 0.360. The van der Waals surface area contributed by atoms with Gasteiger partial charge in [-0.15, -0.1) is 0 Å². The molecule has 0 saturated carbocycles. The molecule has 5 rings (SSSR count). The Morgan fingerprint density at radius 1 is 0.935 bits per heavy atom. The number of furan rings is 1. The lowest BCUT2D eigenvalue weighted by atomic mass is 10.1. The van der Waals surface area contributed by atoms with Crippen LogP contribution < -0.4 is 10.5 Å². The number of aryl methyl sites for hydroxylation is 2. The van der Waals surface area contributed by atoms with Crippen LogP contribution in [-0.4, -0.2) is 42.1 Å². The summed E-state index contributed by atoms with van der Waals surface area (Å²) in [5.41, 5.74) is 4.23. The predicted octanol–water partition coefficient (Wildman–Crippen LogP) is 4.75. The van der Waals surface area contributed by atoms with Crippen molar-refractivity contribution in [3.8, 4) is 11.3 Å². The fourth-order valence-electron chi connectivity index (χ4n) is 4.44. The smallest absolute Gasteiger partial charge is 0.347 e. The molecule has 31 heavy (non-hydrogen) atoms. The Morgan fingerprint density at radius 3 is 2.45 bits per heavy atom. The van der Waals surface area contributed by atoms with Gasteiger partial charge < -0.3 is 13.7 Å². The van der Waals surface area contributed by atoms with Crippen molar-refractivity contribution >= 4 is 27.6 Å². The summed E-state index contributed by atoms with van der Waals surface area (Å²) in [6, 6.07) is 12.3. The normalized spacial score (nSPS) is 15.5. The number of anilines is 1. The summed E-state index contributed by atoms with van der Waals surface area (Å²) in [5.74, 6) is 0.509. The van der Waals surface area contributed by atoms with Crippen molar-refractivity contribution in [2.75, 3.05) is 31.1 Å². The minimum atomic E-state index is -0.393. The van der Waals surface area contributed by atoms with Crippen LogP contribution in [0.4, 0.5) is 5.69 Å². The molecule has 0 bridgehead atoms. The third kappa shape index (κ3) is 3.61. The number of piperazine rings is 1. The Morgan fingerprint density at radius 2 is 1.71 bits per heavy atom. The summed E-state index contributed by atoms with van der Waals surface area (Å²) in [7, 11) is 0. The Kier molecular flexibility index (Phi) is 4.82. The van der Waals surface area contributed by atoms with Crippen molar-refractivity contribution in [3.63, 3.8) is 0 Å². The van der Waals surface area contributed by atoms with Crippen LogP contribution >= 0.6 is 0 Å². The summed E-state index contributed by atoms with van der Waals surface area (Å²) in [5, 5.41) is 1.79. The van der Waals surface area contributed by atoms with E-state index in [9.17, 15) is 4.79 Å². The van der Waals surface area contributed by atoms with Gasteiger partial charge in [0.1, 0.15) is 22.5 Å².